The maximum atomic E-state index is 3.96. The van der Waals surface area contributed by atoms with Gasteiger partial charge in [-0.05, 0) is 56.7 Å². The molecule has 0 spiro atoms. The summed E-state index contributed by atoms with van der Waals surface area (Å²) < 4.78 is 0. The Balaban J connectivity index is 0. The van der Waals surface area contributed by atoms with Gasteiger partial charge in [-0.3, -0.25) is 0 Å². The summed E-state index contributed by atoms with van der Waals surface area (Å²) in [5, 5.41) is 0. The number of rotatable bonds is 6. The van der Waals surface area contributed by atoms with Crippen molar-refractivity contribution in [2.45, 2.75) is 45.9 Å². The Bertz CT molecular complexity index is 492. The van der Waals surface area contributed by atoms with Crippen LogP contribution in [0.25, 0.3) is 0 Å². The van der Waals surface area contributed by atoms with Crippen molar-refractivity contribution in [3.63, 3.8) is 0 Å². The first kappa shape index (κ1) is 23.5. The van der Waals surface area contributed by atoms with Crippen LogP contribution in [0.2, 0.25) is 0 Å². The molecule has 0 bridgehead atoms. The van der Waals surface area contributed by atoms with E-state index < -0.39 is 0 Å². The molecule has 0 amide bonds. The lowest BCUT2D eigenvalue weighted by Crippen LogP contribution is -2.06. The van der Waals surface area contributed by atoms with Crippen molar-refractivity contribution < 1.29 is 0 Å². The van der Waals surface area contributed by atoms with Crippen LogP contribution in [0.3, 0.4) is 0 Å². The first-order valence-electron chi connectivity index (χ1n) is 8.19. The second kappa shape index (κ2) is 16.6. The van der Waals surface area contributed by atoms with Crippen LogP contribution < -0.4 is 0 Å². The van der Waals surface area contributed by atoms with Gasteiger partial charge in [0.1, 0.15) is 0 Å². The Morgan fingerprint density at radius 2 is 1.52 bits per heavy atom. The molecule has 1 atom stereocenters. The summed E-state index contributed by atoms with van der Waals surface area (Å²) >= 11 is 0. The van der Waals surface area contributed by atoms with Gasteiger partial charge in [-0.15, -0.1) is 13.2 Å². The summed E-state index contributed by atoms with van der Waals surface area (Å²) in [4.78, 5) is 3.96. The molecule has 126 valence electrons. The molecule has 0 aromatic heterocycles. The number of benzene rings is 1. The molecule has 1 aromatic rings. The first-order chi connectivity index (χ1) is 11.3. The third kappa shape index (κ3) is 8.47. The van der Waals surface area contributed by atoms with E-state index >= 15 is 0 Å². The Morgan fingerprint density at radius 1 is 1.00 bits per heavy atom. The lowest BCUT2D eigenvalue weighted by molar-refractivity contribution is 1.22. The minimum atomic E-state index is -0.0476. The van der Waals surface area contributed by atoms with Crippen LogP contribution in [-0.2, 0) is 10.9 Å². The number of hydrogen-bond donors (Lipinski definition) is 0. The highest BCUT2D eigenvalue weighted by molar-refractivity contribution is 8.04. The van der Waals surface area contributed by atoms with Gasteiger partial charge in [0.05, 0.1) is 10.9 Å². The molecular formula is C22H33S+. The van der Waals surface area contributed by atoms with Crippen LogP contribution in [0, 0.1) is 0 Å². The van der Waals surface area contributed by atoms with Crippen LogP contribution in [-0.4, -0.2) is 0 Å². The lowest BCUT2D eigenvalue weighted by Gasteiger charge is -2.08. The molecule has 0 aliphatic carbocycles. The zero-order valence-electron chi connectivity index (χ0n) is 15.5. The van der Waals surface area contributed by atoms with E-state index in [1.807, 2.05) is 19.9 Å². The van der Waals surface area contributed by atoms with Gasteiger partial charge in [0, 0.05) is 0 Å². The van der Waals surface area contributed by atoms with E-state index in [0.717, 1.165) is 6.42 Å². The van der Waals surface area contributed by atoms with Gasteiger partial charge in [0.15, 0.2) is 14.7 Å². The van der Waals surface area contributed by atoms with Crippen molar-refractivity contribution in [2.75, 3.05) is 0 Å². The molecule has 0 saturated carbocycles. The fourth-order valence-corrected chi connectivity index (χ4v) is 3.92. The molecule has 0 nitrogen and oxygen atoms in total. The Labute approximate surface area is 147 Å². The predicted molar refractivity (Wildman–Crippen MR) is 112 cm³/mol. The summed E-state index contributed by atoms with van der Waals surface area (Å²) in [6.45, 7) is 20.3. The molecule has 1 unspecified atom stereocenters. The van der Waals surface area contributed by atoms with E-state index in [2.05, 4.69) is 95.1 Å². The van der Waals surface area contributed by atoms with Crippen LogP contribution >= 0.6 is 0 Å². The van der Waals surface area contributed by atoms with Gasteiger partial charge in [0.25, 0.3) is 0 Å². The molecule has 1 heteroatoms. The van der Waals surface area contributed by atoms with Crippen LogP contribution in [0.4, 0.5) is 0 Å². The van der Waals surface area contributed by atoms with Crippen molar-refractivity contribution >= 4 is 10.9 Å². The second-order valence-corrected chi connectivity index (χ2v) is 6.04. The zero-order valence-corrected chi connectivity index (χ0v) is 16.3. The summed E-state index contributed by atoms with van der Waals surface area (Å²) in [6, 6.07) is 10.6. The quantitative estimate of drug-likeness (QED) is 0.289. The predicted octanol–water partition coefficient (Wildman–Crippen LogP) is 7.45. The monoisotopic (exact) mass is 329 g/mol. The van der Waals surface area contributed by atoms with Crippen molar-refractivity contribution in [1.82, 2.24) is 0 Å². The summed E-state index contributed by atoms with van der Waals surface area (Å²) in [7, 11) is -0.0476. The van der Waals surface area contributed by atoms with E-state index in [4.69, 9.17) is 0 Å². The van der Waals surface area contributed by atoms with Crippen LogP contribution in [0.1, 0.15) is 41.0 Å². The maximum Gasteiger partial charge on any atom is 0.166 e. The van der Waals surface area contributed by atoms with Crippen molar-refractivity contribution in [1.29, 1.82) is 0 Å². The number of allylic oxidation sites excluding steroid dienone is 5. The molecule has 0 aliphatic rings. The second-order valence-electron chi connectivity index (χ2n) is 4.02. The van der Waals surface area contributed by atoms with Crippen molar-refractivity contribution in [2.24, 2.45) is 0 Å². The molecule has 1 aromatic carbocycles. The molecule has 0 radical (unpaired) electrons. The standard InChI is InChI=1S/C18H23S.C2H6.C2H4/c1-5-9-13-17(8-4)19(16(6-2)7-3)18-14-11-10-12-15-18;2*1-2/h6-15H,2,5H2,1,3-4H3;1-2H3;1-2H2/q+1;;/b13-9-,16-7+,17-8+;;. The average Bonchev–Trinajstić information content (AvgIpc) is 2.65. The van der Waals surface area contributed by atoms with Crippen LogP contribution in [0.15, 0.2) is 95.2 Å². The van der Waals surface area contributed by atoms with E-state index in [9.17, 15) is 0 Å². The highest BCUT2D eigenvalue weighted by Gasteiger charge is 2.28. The SMILES string of the molecule is C=C.C=C/C(=C\C)[S+](C(/C=C\CC)=C/C)c1ccccc1.CC. The third-order valence-electron chi connectivity index (χ3n) is 2.74. The average molecular weight is 330 g/mol. The maximum absolute atomic E-state index is 3.96. The minimum Gasteiger partial charge on any atom is -0.106 e. The molecule has 0 aliphatic heterocycles. The van der Waals surface area contributed by atoms with E-state index in [0.29, 0.717) is 0 Å². The smallest absolute Gasteiger partial charge is 0.106 e. The Kier molecular flexibility index (Phi) is 17.0. The highest BCUT2D eigenvalue weighted by Crippen LogP contribution is 2.30. The largest absolute Gasteiger partial charge is 0.166 e. The lowest BCUT2D eigenvalue weighted by atomic mass is 10.4. The Hall–Kier alpha value is -1.73. The van der Waals surface area contributed by atoms with Gasteiger partial charge >= 0.3 is 0 Å². The summed E-state index contributed by atoms with van der Waals surface area (Å²) in [5.41, 5.74) is 0. The minimum absolute atomic E-state index is 0.0476. The van der Waals surface area contributed by atoms with Gasteiger partial charge in [-0.2, -0.15) is 0 Å². The van der Waals surface area contributed by atoms with Crippen molar-refractivity contribution in [3.05, 3.63) is 90.3 Å². The van der Waals surface area contributed by atoms with E-state index in [1.165, 1.54) is 14.7 Å². The first-order valence-corrected chi connectivity index (χ1v) is 9.41. The van der Waals surface area contributed by atoms with E-state index in [-0.39, 0.29) is 10.9 Å². The third-order valence-corrected chi connectivity index (χ3v) is 5.20. The van der Waals surface area contributed by atoms with Gasteiger partial charge in [-0.25, -0.2) is 0 Å². The Morgan fingerprint density at radius 3 is 1.91 bits per heavy atom. The normalized spacial score (nSPS) is 12.6. The number of hydrogen-bond acceptors (Lipinski definition) is 0. The van der Waals surface area contributed by atoms with E-state index in [1.54, 1.807) is 0 Å². The summed E-state index contributed by atoms with van der Waals surface area (Å²) in [5.74, 6) is 0. The fourth-order valence-electron chi connectivity index (χ4n) is 1.80. The molecule has 23 heavy (non-hydrogen) atoms. The van der Waals surface area contributed by atoms with Crippen molar-refractivity contribution in [3.8, 4) is 0 Å². The highest BCUT2D eigenvalue weighted by atomic mass is 32.2. The molecule has 0 N–H and O–H groups in total. The van der Waals surface area contributed by atoms with Gasteiger partial charge in [-0.1, -0.05) is 51.6 Å². The molecule has 0 fully saturated rings. The van der Waals surface area contributed by atoms with Gasteiger partial charge in [0.2, 0.25) is 0 Å². The topological polar surface area (TPSA) is 0 Å². The molecular weight excluding hydrogens is 296 g/mol. The molecule has 0 heterocycles. The van der Waals surface area contributed by atoms with Gasteiger partial charge < -0.3 is 0 Å². The zero-order chi connectivity index (χ0) is 18.1. The summed E-state index contributed by atoms with van der Waals surface area (Å²) in [6.07, 6.45) is 11.8. The van der Waals surface area contributed by atoms with Crippen LogP contribution in [0.5, 0.6) is 0 Å². The molecule has 1 rings (SSSR count). The molecule has 0 saturated heterocycles. The fraction of sp³-hybridized carbons (Fsp3) is 0.273.